The molecule has 0 aliphatic carbocycles. The normalized spacial score (nSPS) is 20.9. The van der Waals surface area contributed by atoms with E-state index in [1.54, 1.807) is 72.9 Å². The summed E-state index contributed by atoms with van der Waals surface area (Å²) in [5, 5.41) is 56.1. The molecule has 0 saturated heterocycles. The first-order chi connectivity index (χ1) is 39.8. The molecule has 0 radical (unpaired) electrons. The summed E-state index contributed by atoms with van der Waals surface area (Å²) < 4.78 is 0. The number of aromatic amines is 1. The van der Waals surface area contributed by atoms with Gasteiger partial charge < -0.3 is 110 Å². The van der Waals surface area contributed by atoms with Crippen molar-refractivity contribution in [1.82, 2.24) is 52.8 Å². The SMILES string of the molecule is C[C@@H](O)[C@@H]1NC(=O)[C@H](CCCCN)NC(=O)[C@@H](Cc2c[nH]c3ccccc23)NC(=O)[C@H](Cc2ccccc2)NC(=O)[C@@H](NC(=O)[C@@H](Cc2ccccc2)NC(=O)CCCNC(=O)C(N)CN)C/C=C\C[C@@H](C(=O)N[C@H](CO)[C@@H](C)O)NC1=O.[Cl-].[Cl-].[Pt+2]. The van der Waals surface area contributed by atoms with Crippen LogP contribution in [0, 0.1) is 0 Å². The number of halogens is 2. The van der Waals surface area contributed by atoms with E-state index < -0.39 is 126 Å². The Balaban J connectivity index is 0.00000841. The maximum absolute atomic E-state index is 15.0. The number of para-hydroxylation sites is 1. The maximum atomic E-state index is 15.0. The zero-order chi connectivity index (χ0) is 60.4. The Labute approximate surface area is 526 Å². The molecule has 5 rings (SSSR count). The minimum atomic E-state index is -1.72. The number of aliphatic hydroxyl groups excluding tert-OH is 3. The summed E-state index contributed by atoms with van der Waals surface area (Å²) in [6.45, 7) is 2.10. The molecule has 0 spiro atoms. The van der Waals surface area contributed by atoms with Crippen molar-refractivity contribution in [2.75, 3.05) is 26.2 Å². The molecular formula is C58H81Cl2N13O12Pt. The van der Waals surface area contributed by atoms with Gasteiger partial charge in [0.1, 0.15) is 42.3 Å². The van der Waals surface area contributed by atoms with Crippen molar-refractivity contribution in [3.8, 4) is 0 Å². The summed E-state index contributed by atoms with van der Waals surface area (Å²) in [4.78, 5) is 131. The van der Waals surface area contributed by atoms with Crippen LogP contribution in [-0.2, 0) is 83.5 Å². The summed E-state index contributed by atoms with van der Waals surface area (Å²) in [7, 11) is 0. The summed E-state index contributed by atoms with van der Waals surface area (Å²) in [5.41, 5.74) is 19.6. The van der Waals surface area contributed by atoms with Gasteiger partial charge in [0.15, 0.2) is 0 Å². The van der Waals surface area contributed by atoms with Crippen LogP contribution in [0.1, 0.15) is 75.5 Å². The molecule has 28 heteroatoms. The molecule has 2 heterocycles. The van der Waals surface area contributed by atoms with E-state index in [0.717, 1.165) is 10.9 Å². The van der Waals surface area contributed by atoms with Gasteiger partial charge in [-0.1, -0.05) is 91.0 Å². The number of carbonyl (C=O) groups is 9. The van der Waals surface area contributed by atoms with Crippen molar-refractivity contribution in [3.63, 3.8) is 0 Å². The first kappa shape index (κ1) is 75.3. The molecule has 1 aliphatic heterocycles. The molecule has 25 nitrogen and oxygen atoms in total. The van der Waals surface area contributed by atoms with Crippen molar-refractivity contribution < 1.29 is 104 Å². The number of aromatic nitrogens is 1. The molecule has 1 unspecified atom stereocenters. The largest absolute Gasteiger partial charge is 2.00 e. The van der Waals surface area contributed by atoms with Crippen molar-refractivity contribution >= 4 is 64.1 Å². The first-order valence-electron chi connectivity index (χ1n) is 27.9. The number of nitrogens with one attached hydrogen (secondary N) is 10. The number of benzene rings is 3. The summed E-state index contributed by atoms with van der Waals surface area (Å²) in [5.74, 6) is -7.22. The number of nitrogens with two attached hydrogens (primary N) is 3. The van der Waals surface area contributed by atoms with Crippen LogP contribution in [0.25, 0.3) is 10.9 Å². The molecule has 86 heavy (non-hydrogen) atoms. The fraction of sp³-hybridized carbons (Fsp3) is 0.466. The Morgan fingerprint density at radius 3 is 1.90 bits per heavy atom. The van der Waals surface area contributed by atoms with Crippen LogP contribution < -0.4 is 89.9 Å². The number of unbranched alkanes of at least 4 members (excludes halogenated alkanes) is 1. The third kappa shape index (κ3) is 24.2. The van der Waals surface area contributed by atoms with Crippen LogP contribution in [0.2, 0.25) is 0 Å². The van der Waals surface area contributed by atoms with E-state index in [9.17, 15) is 58.5 Å². The van der Waals surface area contributed by atoms with Gasteiger partial charge in [0.25, 0.3) is 0 Å². The Morgan fingerprint density at radius 2 is 1.27 bits per heavy atom. The van der Waals surface area contributed by atoms with E-state index in [1.165, 1.54) is 26.0 Å². The Morgan fingerprint density at radius 1 is 0.674 bits per heavy atom. The smallest absolute Gasteiger partial charge is 1.00 e. The van der Waals surface area contributed by atoms with E-state index in [-0.39, 0.29) is 117 Å². The van der Waals surface area contributed by atoms with Gasteiger partial charge in [0.2, 0.25) is 53.2 Å². The second-order valence-electron chi connectivity index (χ2n) is 20.6. The van der Waals surface area contributed by atoms with Crippen molar-refractivity contribution in [2.24, 2.45) is 17.2 Å². The minimum Gasteiger partial charge on any atom is -1.00 e. The molecule has 11 atom stereocenters. The maximum Gasteiger partial charge on any atom is 2.00 e. The van der Waals surface area contributed by atoms with Gasteiger partial charge in [-0.25, -0.2) is 0 Å². The molecule has 1 aromatic heterocycles. The molecule has 0 bridgehead atoms. The number of hydrogen-bond donors (Lipinski definition) is 16. The van der Waals surface area contributed by atoms with Gasteiger partial charge in [-0.3, -0.25) is 43.2 Å². The number of carbonyl (C=O) groups excluding carboxylic acids is 9. The molecule has 1 aliphatic rings. The number of amides is 9. The van der Waals surface area contributed by atoms with E-state index in [1.807, 2.05) is 18.2 Å². The minimum absolute atomic E-state index is 0. The van der Waals surface area contributed by atoms with Crippen LogP contribution in [-0.4, -0.2) is 166 Å². The fourth-order valence-corrected chi connectivity index (χ4v) is 9.11. The van der Waals surface area contributed by atoms with Gasteiger partial charge in [-0.2, -0.15) is 0 Å². The molecular weight excluding hydrogens is 1340 g/mol. The standard InChI is InChI=1S/C58H81N13O12.2ClH.Pt/c1-34(73)48(33-72)70-53(78)43-23-12-11-22-42(65-55(80)45(28-36-16-5-3-6-17-36)64-49(75)25-15-27-62-51(76)40(61)31-60)52(77)68-46(29-37-18-7-4-8-19-37)56(81)69-47(30-38-32-63-41-21-10-9-20-39(38)41)57(82)66-44(24-13-14-26-59)54(79)71-50(35(2)74)58(83)67-43;;;/h3-12,16-21,32,34-35,40,42-48,50,63,72-74H,13-15,22-31,33,59-61H2,1-2H3,(H,62,76)(H,64,75)(H,65,80)(H,66,82)(H,67,83)(H,68,77)(H,69,81)(H,70,78)(H,71,79);2*1H;/q;;;+2/p-2/b12-11-;;;/t34-,35-,40?,42+,43+,44+,45-,46+,47-,48-,50+;;;/m1.../s1. The van der Waals surface area contributed by atoms with Gasteiger partial charge in [-0.15, -0.1) is 0 Å². The van der Waals surface area contributed by atoms with E-state index in [4.69, 9.17) is 17.2 Å². The second-order valence-corrected chi connectivity index (χ2v) is 20.6. The van der Waals surface area contributed by atoms with Crippen LogP contribution in [0.4, 0.5) is 0 Å². The topological polar surface area (TPSA) is 416 Å². The average molecular weight is 1420 g/mol. The zero-order valence-corrected chi connectivity index (χ0v) is 51.7. The van der Waals surface area contributed by atoms with Gasteiger partial charge in [-0.05, 0) is 81.7 Å². The zero-order valence-electron chi connectivity index (χ0n) is 47.9. The van der Waals surface area contributed by atoms with Crippen LogP contribution in [0.15, 0.2) is 103 Å². The molecule has 0 fully saturated rings. The van der Waals surface area contributed by atoms with Crippen molar-refractivity contribution in [2.45, 2.75) is 145 Å². The molecule has 19 N–H and O–H groups in total. The van der Waals surface area contributed by atoms with Gasteiger partial charge in [0.05, 0.1) is 30.9 Å². The Hall–Kier alpha value is -6.80. The van der Waals surface area contributed by atoms with Crippen molar-refractivity contribution in [3.05, 3.63) is 120 Å². The summed E-state index contributed by atoms with van der Waals surface area (Å²) in [6.07, 6.45) is 1.52. The number of aliphatic hydroxyl groups is 3. The molecule has 0 saturated carbocycles. The monoisotopic (exact) mass is 1420 g/mol. The van der Waals surface area contributed by atoms with E-state index in [0.29, 0.717) is 29.5 Å². The first-order valence-corrected chi connectivity index (χ1v) is 27.9. The second kappa shape index (κ2) is 39.1. The summed E-state index contributed by atoms with van der Waals surface area (Å²) >= 11 is 0. The van der Waals surface area contributed by atoms with Gasteiger partial charge in [0, 0.05) is 55.9 Å². The Kier molecular flexibility index (Phi) is 34.2. The molecule has 3 aromatic carbocycles. The van der Waals surface area contributed by atoms with Crippen LogP contribution in [0.5, 0.6) is 0 Å². The fourth-order valence-electron chi connectivity index (χ4n) is 9.11. The number of fused-ring (bicyclic) bond motifs is 1. The average Bonchev–Trinajstić information content (AvgIpc) is 3.93. The quantitative estimate of drug-likeness (QED) is 0.0229. The van der Waals surface area contributed by atoms with Crippen LogP contribution in [0.3, 0.4) is 0 Å². The third-order valence-corrected chi connectivity index (χ3v) is 14.0. The number of rotatable bonds is 24. The predicted molar refractivity (Wildman–Crippen MR) is 309 cm³/mol. The number of H-pyrrole nitrogens is 1. The number of hydrogen-bond acceptors (Lipinski definition) is 15. The molecule has 4 aromatic rings. The van der Waals surface area contributed by atoms with Crippen LogP contribution >= 0.6 is 0 Å². The predicted octanol–water partition coefficient (Wildman–Crippen LogP) is -8.51. The van der Waals surface area contributed by atoms with E-state index >= 15 is 0 Å². The molecule has 9 amide bonds. The summed E-state index contributed by atoms with van der Waals surface area (Å²) in [6, 6.07) is 12.3. The third-order valence-electron chi connectivity index (χ3n) is 14.0. The Bertz CT molecular complexity index is 2840. The van der Waals surface area contributed by atoms with Crippen molar-refractivity contribution in [1.29, 1.82) is 0 Å². The molecule has 474 valence electrons. The van der Waals surface area contributed by atoms with E-state index in [2.05, 4.69) is 52.8 Å². The van der Waals surface area contributed by atoms with Gasteiger partial charge >= 0.3 is 21.1 Å².